The molecule has 6 rings (SSSR count). The molecular formula is C37H40N14O13S3. The van der Waals surface area contributed by atoms with Crippen LogP contribution >= 0.6 is 0 Å². The first-order valence-electron chi connectivity index (χ1n) is 19.3. The zero-order valence-electron chi connectivity index (χ0n) is 34.6. The summed E-state index contributed by atoms with van der Waals surface area (Å²) >= 11 is 0. The van der Waals surface area contributed by atoms with Gasteiger partial charge < -0.3 is 52.3 Å². The van der Waals surface area contributed by atoms with E-state index in [9.17, 15) is 64.6 Å². The van der Waals surface area contributed by atoms with Crippen molar-refractivity contribution < 1.29 is 59.3 Å². The summed E-state index contributed by atoms with van der Waals surface area (Å²) < 4.78 is 106. The Morgan fingerprint density at radius 3 is 1.93 bits per heavy atom. The zero-order valence-corrected chi connectivity index (χ0v) is 37.1. The number of aliphatic hydroxyl groups excluding tert-OH is 3. The average Bonchev–Trinajstić information content (AvgIpc) is 3.26. The Balaban J connectivity index is 1.42. The molecule has 0 saturated heterocycles. The molecule has 0 aliphatic rings. The lowest BCUT2D eigenvalue weighted by Crippen LogP contribution is -2.27. The molecule has 0 saturated carbocycles. The summed E-state index contributed by atoms with van der Waals surface area (Å²) in [5.41, 5.74) is -1.91. The minimum absolute atomic E-state index is 0.00179. The van der Waals surface area contributed by atoms with Crippen LogP contribution in [0.25, 0.3) is 21.5 Å². The maximum Gasteiger partial charge on any atom is 0.297 e. The van der Waals surface area contributed by atoms with Crippen molar-refractivity contribution in [3.8, 4) is 11.8 Å². The summed E-state index contributed by atoms with van der Waals surface area (Å²) in [5, 5.41) is 74.1. The highest BCUT2D eigenvalue weighted by Gasteiger charge is 2.27. The number of hydrogen-bond donors (Lipinski definition) is 13. The molecule has 0 radical (unpaired) electrons. The number of hydrogen-bond acceptors (Lipinski definition) is 24. The summed E-state index contributed by atoms with van der Waals surface area (Å²) in [4.78, 5) is 18.7. The van der Waals surface area contributed by atoms with E-state index < -0.39 is 84.7 Å². The number of fused-ring (bicyclic) bond motifs is 2. The molecule has 0 bridgehead atoms. The fourth-order valence-corrected chi connectivity index (χ4v) is 8.35. The minimum Gasteiger partial charge on any atom is -0.505 e. The monoisotopic (exact) mass is 984 g/mol. The Labute approximate surface area is 380 Å². The van der Waals surface area contributed by atoms with E-state index in [4.69, 9.17) is 0 Å². The van der Waals surface area contributed by atoms with E-state index >= 15 is 0 Å². The molecule has 6 aromatic rings. The molecular weight excluding hydrogens is 945 g/mol. The van der Waals surface area contributed by atoms with E-state index in [1.807, 2.05) is 6.07 Å². The highest BCUT2D eigenvalue weighted by atomic mass is 32.2. The minimum atomic E-state index is -5.35. The van der Waals surface area contributed by atoms with Crippen LogP contribution in [0.1, 0.15) is 12.5 Å². The van der Waals surface area contributed by atoms with Gasteiger partial charge in [-0.2, -0.15) is 55.4 Å². The van der Waals surface area contributed by atoms with Gasteiger partial charge in [-0.05, 0) is 42.0 Å². The third-order valence-corrected chi connectivity index (χ3v) is 11.8. The van der Waals surface area contributed by atoms with Gasteiger partial charge in [0.2, 0.25) is 23.8 Å². The lowest BCUT2D eigenvalue weighted by Gasteiger charge is -2.19. The van der Waals surface area contributed by atoms with Crippen LogP contribution in [0.15, 0.2) is 79.5 Å². The van der Waals surface area contributed by atoms with Crippen LogP contribution in [0.5, 0.6) is 5.75 Å². The van der Waals surface area contributed by atoms with Crippen LogP contribution in [0, 0.1) is 11.3 Å². The van der Waals surface area contributed by atoms with Gasteiger partial charge in [0.1, 0.15) is 32.8 Å². The van der Waals surface area contributed by atoms with Gasteiger partial charge in [0, 0.05) is 43.0 Å². The maximum absolute atomic E-state index is 12.7. The second-order valence-electron chi connectivity index (χ2n) is 13.9. The maximum atomic E-state index is 12.7. The Kier molecular flexibility index (Phi) is 15.1. The second-order valence-corrected chi connectivity index (χ2v) is 18.1. The lowest BCUT2D eigenvalue weighted by atomic mass is 10.1. The van der Waals surface area contributed by atoms with Crippen LogP contribution in [0.3, 0.4) is 0 Å². The third-order valence-electron chi connectivity index (χ3n) is 9.12. The van der Waals surface area contributed by atoms with Gasteiger partial charge in [-0.1, -0.05) is 30.3 Å². The van der Waals surface area contributed by atoms with Gasteiger partial charge in [0.15, 0.2) is 17.4 Å². The number of nitrogens with one attached hydrogen (secondary N) is 6. The molecule has 0 amide bonds. The standard InChI is InChI=1S/C37H40N14O13S3/c1-19(43-33-24(17-38)32(39-8-11-52)45-34(46-33)40-9-12-53)18-42-36-47-35(41-10-13-54)48-37(49-36)44-26-16-22(65(56,57)58)14-21-15-27(66(59,60)61)29(30(55)28(21)26)51-50-25-7-6-20-4-2-3-5-23(20)31(25)67(62,63)64/h2-7,14-16,19,52-55H,8-13,18H2,1H3,(H,56,57,58)(H,59,60,61)(H,62,63,64)(H3,39,40,43,45,46)(H3,41,42,44,47,48,49). The number of anilines is 7. The van der Waals surface area contributed by atoms with Crippen LogP contribution in [0.4, 0.5) is 52.5 Å². The van der Waals surface area contributed by atoms with Crippen molar-refractivity contribution in [2.24, 2.45) is 10.2 Å². The number of aliphatic hydroxyl groups is 3. The van der Waals surface area contributed by atoms with E-state index in [1.165, 1.54) is 18.2 Å². The first kappa shape index (κ1) is 49.2. The van der Waals surface area contributed by atoms with E-state index in [0.29, 0.717) is 11.5 Å². The van der Waals surface area contributed by atoms with Gasteiger partial charge in [0.05, 0.1) is 30.4 Å². The quantitative estimate of drug-likeness (QED) is 0.0364. The molecule has 30 heteroatoms. The number of azo groups is 1. The summed E-state index contributed by atoms with van der Waals surface area (Å²) in [6, 6.07) is 12.3. The summed E-state index contributed by atoms with van der Waals surface area (Å²) in [5.74, 6) is -1.55. The number of nitriles is 1. The Morgan fingerprint density at radius 1 is 0.687 bits per heavy atom. The van der Waals surface area contributed by atoms with Gasteiger partial charge in [-0.3, -0.25) is 13.7 Å². The Bertz CT molecular complexity index is 3270. The molecule has 27 nitrogen and oxygen atoms in total. The van der Waals surface area contributed by atoms with Crippen LogP contribution in [-0.2, 0) is 30.4 Å². The van der Waals surface area contributed by atoms with Gasteiger partial charge >= 0.3 is 0 Å². The normalized spacial score (nSPS) is 12.5. The number of nitrogens with zero attached hydrogens (tertiary/aromatic N) is 8. The molecule has 0 aliphatic heterocycles. The van der Waals surface area contributed by atoms with E-state index in [2.05, 4.69) is 67.0 Å². The lowest BCUT2D eigenvalue weighted by molar-refractivity contribution is 0.310. The van der Waals surface area contributed by atoms with E-state index in [-0.39, 0.29) is 92.4 Å². The number of aromatic hydroxyl groups is 1. The Morgan fingerprint density at radius 2 is 1.30 bits per heavy atom. The molecule has 2 aromatic heterocycles. The smallest absolute Gasteiger partial charge is 0.297 e. The number of phenols is 1. The van der Waals surface area contributed by atoms with Gasteiger partial charge in [-0.15, -0.1) is 10.2 Å². The first-order chi connectivity index (χ1) is 31.7. The van der Waals surface area contributed by atoms with Crippen LogP contribution < -0.4 is 31.9 Å². The number of aromatic nitrogens is 5. The predicted molar refractivity (Wildman–Crippen MR) is 241 cm³/mol. The molecule has 0 spiro atoms. The van der Waals surface area contributed by atoms with Crippen molar-refractivity contribution in [3.63, 3.8) is 0 Å². The summed E-state index contributed by atoms with van der Waals surface area (Å²) in [6.07, 6.45) is 0. The number of benzene rings is 4. The van der Waals surface area contributed by atoms with Crippen molar-refractivity contribution in [3.05, 3.63) is 60.2 Å². The molecule has 2 heterocycles. The largest absolute Gasteiger partial charge is 0.505 e. The highest BCUT2D eigenvalue weighted by molar-refractivity contribution is 7.86. The molecule has 4 aromatic carbocycles. The average molecular weight is 985 g/mol. The fourth-order valence-electron chi connectivity index (χ4n) is 6.31. The van der Waals surface area contributed by atoms with Crippen molar-refractivity contribution in [1.82, 2.24) is 24.9 Å². The van der Waals surface area contributed by atoms with Crippen LogP contribution in [0.2, 0.25) is 0 Å². The second kappa shape index (κ2) is 20.5. The molecule has 0 fully saturated rings. The van der Waals surface area contributed by atoms with E-state index in [0.717, 1.165) is 18.2 Å². The van der Waals surface area contributed by atoms with Gasteiger partial charge in [0.25, 0.3) is 30.4 Å². The predicted octanol–water partition coefficient (Wildman–Crippen LogP) is 2.57. The fraction of sp³-hybridized carbons (Fsp3) is 0.243. The third kappa shape index (κ3) is 11.8. The molecule has 1 atom stereocenters. The number of phenolic OH excluding ortho intramolecular Hbond substituents is 1. The molecule has 67 heavy (non-hydrogen) atoms. The molecule has 354 valence electrons. The Hall–Kier alpha value is -7.21. The highest BCUT2D eigenvalue weighted by Crippen LogP contribution is 2.46. The summed E-state index contributed by atoms with van der Waals surface area (Å²) in [7, 11) is -15.4. The topological polar surface area (TPSA) is 429 Å². The van der Waals surface area contributed by atoms with Crippen molar-refractivity contribution in [2.75, 3.05) is 77.9 Å². The number of rotatable bonds is 21. The SMILES string of the molecule is CC(CNc1nc(NCCO)nc(Nc2cc(S(=O)(=O)O)cc3cc(S(=O)(=O)O)c(N=Nc4ccc5ccccc5c4S(=O)(=O)O)c(O)c23)n1)Nc1nc(NCCO)nc(NCCO)c1C#N. The van der Waals surface area contributed by atoms with E-state index in [1.54, 1.807) is 19.1 Å². The van der Waals surface area contributed by atoms with Crippen molar-refractivity contribution in [1.29, 1.82) is 5.26 Å². The van der Waals surface area contributed by atoms with Crippen LogP contribution in [-0.4, -0.2) is 136 Å². The first-order valence-corrected chi connectivity index (χ1v) is 23.7. The molecule has 0 aliphatic carbocycles. The van der Waals surface area contributed by atoms with Crippen molar-refractivity contribution >= 4 is 104 Å². The van der Waals surface area contributed by atoms with Crippen molar-refractivity contribution in [2.45, 2.75) is 27.7 Å². The molecule has 1 unspecified atom stereocenters. The molecule has 13 N–H and O–H groups in total. The summed E-state index contributed by atoms with van der Waals surface area (Å²) in [6.45, 7) is 0.876. The zero-order chi connectivity index (χ0) is 48.7. The van der Waals surface area contributed by atoms with Gasteiger partial charge in [-0.25, -0.2) is 0 Å².